The van der Waals surface area contributed by atoms with Gasteiger partial charge in [0.15, 0.2) is 5.16 Å². The lowest BCUT2D eigenvalue weighted by atomic mass is 10.1. The number of ether oxygens (including phenoxy) is 1. The first-order chi connectivity index (χ1) is 14.4. The number of nitrogens with one attached hydrogen (secondary N) is 2. The standard InChI is InChI=1S/C21H17ClN4O3S/c1-12-3-5-13(6-4-12)19-15(10-23)20(28)26-21(25-19)30-11-18(27)24-14-7-8-17(29-2)16(22)9-14/h3-9H,11H2,1-2H3,(H,24,27)(H,25,26,28). The van der Waals surface area contributed by atoms with Gasteiger partial charge in [-0.15, -0.1) is 0 Å². The van der Waals surface area contributed by atoms with Crippen LogP contribution in [0.25, 0.3) is 11.3 Å². The van der Waals surface area contributed by atoms with E-state index in [1.807, 2.05) is 25.1 Å². The van der Waals surface area contributed by atoms with Crippen molar-refractivity contribution in [2.75, 3.05) is 18.2 Å². The SMILES string of the molecule is COc1ccc(NC(=O)CSc2nc(-c3ccc(C)cc3)c(C#N)c(=O)[nH]2)cc1Cl. The Labute approximate surface area is 182 Å². The third kappa shape index (κ3) is 5.00. The maximum atomic E-state index is 12.3. The van der Waals surface area contributed by atoms with Gasteiger partial charge in [0.2, 0.25) is 5.91 Å². The summed E-state index contributed by atoms with van der Waals surface area (Å²) >= 11 is 7.12. The zero-order valence-electron chi connectivity index (χ0n) is 16.2. The average Bonchev–Trinajstić information content (AvgIpc) is 2.72. The molecule has 3 rings (SSSR count). The number of aromatic nitrogens is 2. The lowest BCUT2D eigenvalue weighted by molar-refractivity contribution is -0.113. The molecule has 0 fully saturated rings. The molecular formula is C21H17ClN4O3S. The molecule has 9 heteroatoms. The zero-order valence-corrected chi connectivity index (χ0v) is 17.7. The van der Waals surface area contributed by atoms with Crippen LogP contribution in [-0.4, -0.2) is 28.7 Å². The van der Waals surface area contributed by atoms with Crippen LogP contribution in [0.15, 0.2) is 52.4 Å². The van der Waals surface area contributed by atoms with Crippen molar-refractivity contribution in [3.63, 3.8) is 0 Å². The van der Waals surface area contributed by atoms with E-state index in [0.29, 0.717) is 22.0 Å². The van der Waals surface area contributed by atoms with Crippen LogP contribution in [0.4, 0.5) is 5.69 Å². The minimum Gasteiger partial charge on any atom is -0.495 e. The van der Waals surface area contributed by atoms with Gasteiger partial charge in [-0.05, 0) is 25.1 Å². The van der Waals surface area contributed by atoms with Crippen molar-refractivity contribution in [1.29, 1.82) is 5.26 Å². The lowest BCUT2D eigenvalue weighted by Gasteiger charge is -2.09. The minimum atomic E-state index is -0.548. The number of aromatic amines is 1. The Bertz CT molecular complexity index is 1190. The molecule has 2 N–H and O–H groups in total. The highest BCUT2D eigenvalue weighted by molar-refractivity contribution is 7.99. The topological polar surface area (TPSA) is 108 Å². The largest absolute Gasteiger partial charge is 0.495 e. The number of H-pyrrole nitrogens is 1. The van der Waals surface area contributed by atoms with E-state index in [1.54, 1.807) is 30.3 Å². The van der Waals surface area contributed by atoms with Crippen LogP contribution >= 0.6 is 23.4 Å². The van der Waals surface area contributed by atoms with E-state index >= 15 is 0 Å². The quantitative estimate of drug-likeness (QED) is 0.443. The van der Waals surface area contributed by atoms with Crippen LogP contribution < -0.4 is 15.6 Å². The molecule has 0 unspecified atom stereocenters. The number of nitrogens with zero attached hydrogens (tertiary/aromatic N) is 2. The number of benzene rings is 2. The number of amides is 1. The maximum Gasteiger partial charge on any atom is 0.270 e. The molecule has 0 atom stereocenters. The molecule has 30 heavy (non-hydrogen) atoms. The molecule has 0 aliphatic carbocycles. The maximum absolute atomic E-state index is 12.3. The van der Waals surface area contributed by atoms with Crippen LogP contribution in [0.5, 0.6) is 5.75 Å². The Kier molecular flexibility index (Phi) is 6.77. The second-order valence-corrected chi connectivity index (χ2v) is 7.63. The first kappa shape index (κ1) is 21.4. The highest BCUT2D eigenvalue weighted by atomic mass is 35.5. The first-order valence-corrected chi connectivity index (χ1v) is 10.1. The van der Waals surface area contributed by atoms with Gasteiger partial charge < -0.3 is 15.0 Å². The van der Waals surface area contributed by atoms with E-state index in [9.17, 15) is 14.9 Å². The van der Waals surface area contributed by atoms with E-state index < -0.39 is 5.56 Å². The van der Waals surface area contributed by atoms with Crippen LogP contribution in [0.2, 0.25) is 5.02 Å². The Hall–Kier alpha value is -3.28. The van der Waals surface area contributed by atoms with Gasteiger partial charge >= 0.3 is 0 Å². The number of halogens is 1. The Balaban J connectivity index is 1.76. The molecule has 1 aromatic heterocycles. The van der Waals surface area contributed by atoms with Crippen molar-refractivity contribution in [3.05, 3.63) is 69.0 Å². The molecule has 152 valence electrons. The summed E-state index contributed by atoms with van der Waals surface area (Å²) in [5.41, 5.74) is 1.89. The fraction of sp³-hybridized carbons (Fsp3) is 0.143. The monoisotopic (exact) mass is 440 g/mol. The number of nitriles is 1. The summed E-state index contributed by atoms with van der Waals surface area (Å²) in [6.07, 6.45) is 0. The Morgan fingerprint density at radius 1 is 1.30 bits per heavy atom. The van der Waals surface area contributed by atoms with E-state index in [2.05, 4.69) is 15.3 Å². The summed E-state index contributed by atoms with van der Waals surface area (Å²) in [6, 6.07) is 14.2. The molecule has 0 aliphatic heterocycles. The van der Waals surface area contributed by atoms with Crippen molar-refractivity contribution in [2.45, 2.75) is 12.1 Å². The molecule has 3 aromatic rings. The number of rotatable bonds is 6. The summed E-state index contributed by atoms with van der Waals surface area (Å²) in [5.74, 6) is 0.211. The summed E-state index contributed by atoms with van der Waals surface area (Å²) in [5, 5.41) is 12.7. The summed E-state index contributed by atoms with van der Waals surface area (Å²) < 4.78 is 5.08. The molecule has 1 heterocycles. The van der Waals surface area contributed by atoms with Gasteiger partial charge in [0.05, 0.1) is 23.6 Å². The van der Waals surface area contributed by atoms with Gasteiger partial charge in [-0.3, -0.25) is 9.59 Å². The normalized spacial score (nSPS) is 10.3. The predicted octanol–water partition coefficient (Wildman–Crippen LogP) is 4.01. The van der Waals surface area contributed by atoms with E-state index in [4.69, 9.17) is 16.3 Å². The zero-order chi connectivity index (χ0) is 21.7. The van der Waals surface area contributed by atoms with Crippen molar-refractivity contribution in [3.8, 4) is 23.1 Å². The fourth-order valence-corrected chi connectivity index (χ4v) is 3.54. The molecule has 0 saturated heterocycles. The molecule has 0 saturated carbocycles. The van der Waals surface area contributed by atoms with E-state index in [0.717, 1.165) is 17.3 Å². The summed E-state index contributed by atoms with van der Waals surface area (Å²) in [6.45, 7) is 1.94. The van der Waals surface area contributed by atoms with E-state index in [-0.39, 0.29) is 28.1 Å². The first-order valence-electron chi connectivity index (χ1n) is 8.79. The van der Waals surface area contributed by atoms with E-state index in [1.165, 1.54) is 7.11 Å². The predicted molar refractivity (Wildman–Crippen MR) is 117 cm³/mol. The number of thioether (sulfide) groups is 1. The minimum absolute atomic E-state index is 0.00578. The van der Waals surface area contributed by atoms with Crippen LogP contribution in [-0.2, 0) is 4.79 Å². The highest BCUT2D eigenvalue weighted by Gasteiger charge is 2.15. The number of carbonyl (C=O) groups excluding carboxylic acids is 1. The number of hydrogen-bond acceptors (Lipinski definition) is 6. The van der Waals surface area contributed by atoms with Crippen LogP contribution in [0.3, 0.4) is 0 Å². The lowest BCUT2D eigenvalue weighted by Crippen LogP contribution is -2.17. The number of methoxy groups -OCH3 is 1. The van der Waals surface area contributed by atoms with Crippen LogP contribution in [0, 0.1) is 18.3 Å². The summed E-state index contributed by atoms with van der Waals surface area (Å²) in [4.78, 5) is 31.5. The third-order valence-corrected chi connectivity index (χ3v) is 5.28. The number of hydrogen-bond donors (Lipinski definition) is 2. The molecule has 0 aliphatic rings. The molecule has 2 aromatic carbocycles. The van der Waals surface area contributed by atoms with Crippen molar-refractivity contribution < 1.29 is 9.53 Å². The smallest absolute Gasteiger partial charge is 0.270 e. The van der Waals surface area contributed by atoms with Crippen molar-refractivity contribution in [2.24, 2.45) is 0 Å². The highest BCUT2D eigenvalue weighted by Crippen LogP contribution is 2.27. The van der Waals surface area contributed by atoms with Crippen LogP contribution in [0.1, 0.15) is 11.1 Å². The molecule has 0 bridgehead atoms. The second-order valence-electron chi connectivity index (χ2n) is 6.26. The average molecular weight is 441 g/mol. The molecule has 0 radical (unpaired) electrons. The van der Waals surface area contributed by atoms with Gasteiger partial charge in [0, 0.05) is 11.3 Å². The van der Waals surface area contributed by atoms with Crippen molar-refractivity contribution >= 4 is 35.0 Å². The fourth-order valence-electron chi connectivity index (χ4n) is 2.62. The number of carbonyl (C=O) groups is 1. The third-order valence-electron chi connectivity index (χ3n) is 4.11. The van der Waals surface area contributed by atoms with Crippen molar-refractivity contribution in [1.82, 2.24) is 9.97 Å². The van der Waals surface area contributed by atoms with Gasteiger partial charge in [-0.1, -0.05) is 53.2 Å². The summed E-state index contributed by atoms with van der Waals surface area (Å²) in [7, 11) is 1.51. The van der Waals surface area contributed by atoms with Gasteiger partial charge in [-0.2, -0.15) is 5.26 Å². The number of anilines is 1. The molecule has 1 amide bonds. The van der Waals surface area contributed by atoms with Gasteiger partial charge in [-0.25, -0.2) is 4.98 Å². The number of aryl methyl sites for hydroxylation is 1. The Morgan fingerprint density at radius 3 is 2.67 bits per heavy atom. The van der Waals surface area contributed by atoms with Gasteiger partial charge in [0.1, 0.15) is 17.4 Å². The Morgan fingerprint density at radius 2 is 2.03 bits per heavy atom. The molecule has 7 nitrogen and oxygen atoms in total. The van der Waals surface area contributed by atoms with Gasteiger partial charge in [0.25, 0.3) is 5.56 Å². The molecule has 0 spiro atoms. The molecular weight excluding hydrogens is 424 g/mol. The second kappa shape index (κ2) is 9.48.